The quantitative estimate of drug-likeness (QED) is 0.337. The molecule has 0 aliphatic carbocycles. The molecule has 0 aromatic carbocycles. The highest BCUT2D eigenvalue weighted by atomic mass is 127. The zero-order chi connectivity index (χ0) is 19.9. The monoisotopic (exact) mass is 519 g/mol. The van der Waals surface area contributed by atoms with Crippen molar-refractivity contribution in [2.24, 2.45) is 12.0 Å². The van der Waals surface area contributed by atoms with Gasteiger partial charge in [0.25, 0.3) is 0 Å². The molecule has 0 radical (unpaired) electrons. The van der Waals surface area contributed by atoms with Crippen LogP contribution in [0.15, 0.2) is 21.9 Å². The van der Waals surface area contributed by atoms with Crippen LogP contribution < -0.4 is 5.32 Å². The lowest BCUT2D eigenvalue weighted by molar-refractivity contribution is -0.00806. The van der Waals surface area contributed by atoms with Crippen LogP contribution in [0.4, 0.5) is 0 Å². The van der Waals surface area contributed by atoms with Gasteiger partial charge in [-0.3, -0.25) is 4.68 Å². The standard InChI is InChI=1S/C18H29N7O3.HI/c1-5-19-18(20-10-16-22-17(23-28-16)13(3)26-6-2)25-7-8-27-15(12-25)14-9-21-24(4)11-14;/h9,11,13,15H,5-8,10,12H2,1-4H3,(H,19,20);1H. The van der Waals surface area contributed by atoms with Gasteiger partial charge in [0.05, 0.1) is 19.3 Å². The fourth-order valence-electron chi connectivity index (χ4n) is 3.04. The van der Waals surface area contributed by atoms with Gasteiger partial charge < -0.3 is 24.2 Å². The maximum atomic E-state index is 5.92. The number of hydrogen-bond acceptors (Lipinski definition) is 7. The molecular weight excluding hydrogens is 489 g/mol. The van der Waals surface area contributed by atoms with Crippen LogP contribution in [-0.2, 0) is 23.1 Å². The average Bonchev–Trinajstić information content (AvgIpc) is 3.35. The van der Waals surface area contributed by atoms with Crippen molar-refractivity contribution in [1.82, 2.24) is 30.1 Å². The van der Waals surface area contributed by atoms with Crippen LogP contribution in [0.3, 0.4) is 0 Å². The number of guanidine groups is 1. The Morgan fingerprint density at radius 3 is 2.97 bits per heavy atom. The highest BCUT2D eigenvalue weighted by Gasteiger charge is 2.25. The van der Waals surface area contributed by atoms with E-state index in [4.69, 9.17) is 14.0 Å². The molecule has 0 saturated carbocycles. The third-order valence-corrected chi connectivity index (χ3v) is 4.43. The van der Waals surface area contributed by atoms with Gasteiger partial charge >= 0.3 is 0 Å². The predicted molar refractivity (Wildman–Crippen MR) is 118 cm³/mol. The van der Waals surface area contributed by atoms with Gasteiger partial charge in [0.1, 0.15) is 18.8 Å². The van der Waals surface area contributed by atoms with Gasteiger partial charge in [-0.1, -0.05) is 5.16 Å². The average molecular weight is 519 g/mol. The van der Waals surface area contributed by atoms with Crippen molar-refractivity contribution in [2.75, 3.05) is 32.8 Å². The third kappa shape index (κ3) is 6.37. The van der Waals surface area contributed by atoms with E-state index in [0.29, 0.717) is 38.0 Å². The molecular formula is C18H30IN7O3. The lowest BCUT2D eigenvalue weighted by Gasteiger charge is -2.34. The normalized spacial score (nSPS) is 18.4. The summed E-state index contributed by atoms with van der Waals surface area (Å²) >= 11 is 0. The maximum Gasteiger partial charge on any atom is 0.248 e. The second-order valence-electron chi connectivity index (χ2n) is 6.57. The van der Waals surface area contributed by atoms with Crippen molar-refractivity contribution in [2.45, 2.75) is 39.5 Å². The minimum Gasteiger partial charge on any atom is -0.371 e. The van der Waals surface area contributed by atoms with Gasteiger partial charge in [0.15, 0.2) is 11.8 Å². The highest BCUT2D eigenvalue weighted by Crippen LogP contribution is 2.21. The predicted octanol–water partition coefficient (Wildman–Crippen LogP) is 2.06. The summed E-state index contributed by atoms with van der Waals surface area (Å²) in [6, 6.07) is 0. The first-order valence-corrected chi connectivity index (χ1v) is 9.68. The highest BCUT2D eigenvalue weighted by molar-refractivity contribution is 14.0. The first-order chi connectivity index (χ1) is 13.6. The van der Waals surface area contributed by atoms with Gasteiger partial charge in [-0.2, -0.15) is 10.1 Å². The molecule has 162 valence electrons. The van der Waals surface area contributed by atoms with Crippen LogP contribution in [0.25, 0.3) is 0 Å². The number of rotatable bonds is 7. The van der Waals surface area contributed by atoms with Crippen LogP contribution in [0.2, 0.25) is 0 Å². The third-order valence-electron chi connectivity index (χ3n) is 4.43. The van der Waals surface area contributed by atoms with E-state index in [1.807, 2.05) is 40.2 Å². The lowest BCUT2D eigenvalue weighted by Crippen LogP contribution is -2.48. The largest absolute Gasteiger partial charge is 0.371 e. The van der Waals surface area contributed by atoms with Crippen LogP contribution in [0.5, 0.6) is 0 Å². The smallest absolute Gasteiger partial charge is 0.248 e. The summed E-state index contributed by atoms with van der Waals surface area (Å²) in [5.41, 5.74) is 1.06. The second-order valence-corrected chi connectivity index (χ2v) is 6.57. The zero-order valence-electron chi connectivity index (χ0n) is 17.4. The van der Waals surface area contributed by atoms with Gasteiger partial charge in [-0.25, -0.2) is 4.99 Å². The Balaban J connectivity index is 0.00000300. The molecule has 1 saturated heterocycles. The molecule has 3 heterocycles. The molecule has 11 heteroatoms. The molecule has 0 bridgehead atoms. The molecule has 10 nitrogen and oxygen atoms in total. The molecule has 29 heavy (non-hydrogen) atoms. The van der Waals surface area contributed by atoms with Gasteiger partial charge in [-0.05, 0) is 20.8 Å². The summed E-state index contributed by atoms with van der Waals surface area (Å²) in [5, 5.41) is 11.6. The number of halogens is 1. The fraction of sp³-hybridized carbons (Fsp3) is 0.667. The summed E-state index contributed by atoms with van der Waals surface area (Å²) in [6.45, 7) is 9.65. The molecule has 3 rings (SSSR count). The molecule has 1 aliphatic rings. The number of hydrogen-bond donors (Lipinski definition) is 1. The second kappa shape index (κ2) is 11.5. The molecule has 2 aromatic heterocycles. The molecule has 1 aliphatic heterocycles. The van der Waals surface area contributed by atoms with Crippen molar-refractivity contribution in [1.29, 1.82) is 0 Å². The van der Waals surface area contributed by atoms with Crippen molar-refractivity contribution in [3.63, 3.8) is 0 Å². The Morgan fingerprint density at radius 2 is 2.28 bits per heavy atom. The molecule has 2 aromatic rings. The summed E-state index contributed by atoms with van der Waals surface area (Å²) < 4.78 is 18.5. The van der Waals surface area contributed by atoms with E-state index < -0.39 is 0 Å². The van der Waals surface area contributed by atoms with E-state index in [1.165, 1.54) is 0 Å². The van der Waals surface area contributed by atoms with E-state index in [2.05, 4.69) is 30.4 Å². The van der Waals surface area contributed by atoms with Crippen LogP contribution in [0.1, 0.15) is 50.3 Å². The van der Waals surface area contributed by atoms with Gasteiger partial charge in [0, 0.05) is 38.5 Å². The topological polar surface area (TPSA) is 103 Å². The Bertz CT molecular complexity index is 779. The number of nitrogens with one attached hydrogen (secondary N) is 1. The van der Waals surface area contributed by atoms with Crippen molar-refractivity contribution >= 4 is 29.9 Å². The Kier molecular flexibility index (Phi) is 9.30. The molecule has 0 amide bonds. The summed E-state index contributed by atoms with van der Waals surface area (Å²) in [7, 11) is 1.90. The summed E-state index contributed by atoms with van der Waals surface area (Å²) in [5.74, 6) is 1.81. The number of aryl methyl sites for hydroxylation is 1. The van der Waals surface area contributed by atoms with Gasteiger partial charge in [0.2, 0.25) is 5.89 Å². The molecule has 2 unspecified atom stereocenters. The number of nitrogens with zero attached hydrogens (tertiary/aromatic N) is 6. The van der Waals surface area contributed by atoms with E-state index in [0.717, 1.165) is 24.6 Å². The molecule has 1 N–H and O–H groups in total. The lowest BCUT2D eigenvalue weighted by atomic mass is 10.1. The number of ether oxygens (including phenoxy) is 2. The van der Waals surface area contributed by atoms with E-state index >= 15 is 0 Å². The minimum atomic E-state index is -0.195. The van der Waals surface area contributed by atoms with E-state index in [9.17, 15) is 0 Å². The molecule has 1 fully saturated rings. The first-order valence-electron chi connectivity index (χ1n) is 9.68. The summed E-state index contributed by atoms with van der Waals surface area (Å²) in [6.07, 6.45) is 3.60. The minimum absolute atomic E-state index is 0. The molecule has 0 spiro atoms. The van der Waals surface area contributed by atoms with Crippen LogP contribution >= 0.6 is 24.0 Å². The Hall–Kier alpha value is -1.73. The van der Waals surface area contributed by atoms with Crippen molar-refractivity contribution in [3.05, 3.63) is 29.7 Å². The number of aromatic nitrogens is 4. The first kappa shape index (κ1) is 23.5. The zero-order valence-corrected chi connectivity index (χ0v) is 19.7. The molecule has 2 atom stereocenters. The van der Waals surface area contributed by atoms with Gasteiger partial charge in [-0.15, -0.1) is 24.0 Å². The van der Waals surface area contributed by atoms with E-state index in [-0.39, 0.29) is 36.2 Å². The maximum absolute atomic E-state index is 5.92. The Morgan fingerprint density at radius 1 is 1.45 bits per heavy atom. The fourth-order valence-corrected chi connectivity index (χ4v) is 3.04. The van der Waals surface area contributed by atoms with Crippen molar-refractivity contribution in [3.8, 4) is 0 Å². The summed E-state index contributed by atoms with van der Waals surface area (Å²) in [4.78, 5) is 11.2. The Labute approximate surface area is 188 Å². The SMILES string of the molecule is CCNC(=NCc1nc(C(C)OCC)no1)N1CCOC(c2cnn(C)c2)C1.I. The number of morpholine rings is 1. The van der Waals surface area contributed by atoms with Crippen LogP contribution in [0, 0.1) is 0 Å². The number of aliphatic imine (C=N–C) groups is 1. The van der Waals surface area contributed by atoms with Crippen LogP contribution in [-0.4, -0.2) is 63.6 Å². The van der Waals surface area contributed by atoms with Crippen molar-refractivity contribution < 1.29 is 14.0 Å². The van der Waals surface area contributed by atoms with E-state index in [1.54, 1.807) is 4.68 Å².